The van der Waals surface area contributed by atoms with Crippen molar-refractivity contribution in [3.8, 4) is 0 Å². The molecule has 1 saturated heterocycles. The van der Waals surface area contributed by atoms with Gasteiger partial charge in [-0.1, -0.05) is 20.8 Å². The van der Waals surface area contributed by atoms with Gasteiger partial charge in [-0.2, -0.15) is 0 Å². The van der Waals surface area contributed by atoms with Gasteiger partial charge in [0.1, 0.15) is 0 Å². The first-order chi connectivity index (χ1) is 6.28. The average Bonchev–Trinajstić information content (AvgIpc) is 2.01. The molecule has 1 heterocycles. The lowest BCUT2D eigenvalue weighted by molar-refractivity contribution is -0.131. The van der Waals surface area contributed by atoms with Crippen molar-refractivity contribution in [2.75, 3.05) is 6.54 Å². The Balaban J connectivity index is 2.51. The van der Waals surface area contributed by atoms with Crippen LogP contribution in [0.25, 0.3) is 0 Å². The molecule has 0 radical (unpaired) electrons. The Morgan fingerprint density at radius 1 is 1.57 bits per heavy atom. The molecule has 1 fully saturated rings. The maximum atomic E-state index is 11.8. The van der Waals surface area contributed by atoms with Crippen LogP contribution in [0.5, 0.6) is 0 Å². The normalized spacial score (nSPS) is 25.4. The van der Waals surface area contributed by atoms with Gasteiger partial charge >= 0.3 is 0 Å². The minimum absolute atomic E-state index is 0.0201. The molecule has 2 N–H and O–H groups in total. The molecule has 0 bridgehead atoms. The molecule has 0 aromatic heterocycles. The highest BCUT2D eigenvalue weighted by Crippen LogP contribution is 2.28. The predicted molar refractivity (Wildman–Crippen MR) is 58.1 cm³/mol. The van der Waals surface area contributed by atoms with Gasteiger partial charge in [-0.25, -0.2) is 0 Å². The van der Waals surface area contributed by atoms with Crippen molar-refractivity contribution >= 4 is 5.91 Å². The number of amides is 1. The molecule has 1 aliphatic rings. The van der Waals surface area contributed by atoms with Gasteiger partial charge in [0.25, 0.3) is 0 Å². The average molecular weight is 198 g/mol. The maximum Gasteiger partial charge on any atom is 0.238 e. The Kier molecular flexibility index (Phi) is 2.91. The van der Waals surface area contributed by atoms with E-state index in [1.807, 2.05) is 0 Å². The zero-order valence-electron chi connectivity index (χ0n) is 9.90. The summed E-state index contributed by atoms with van der Waals surface area (Å²) in [5.41, 5.74) is 0.0122. The maximum absolute atomic E-state index is 11.8. The van der Waals surface area contributed by atoms with Crippen LogP contribution in [0, 0.1) is 5.41 Å². The topological polar surface area (TPSA) is 41.1 Å². The molecular formula is C11H22N2O. The van der Waals surface area contributed by atoms with Gasteiger partial charge in [0.05, 0.1) is 6.04 Å². The molecule has 14 heavy (non-hydrogen) atoms. The van der Waals surface area contributed by atoms with E-state index < -0.39 is 0 Å². The van der Waals surface area contributed by atoms with Crippen LogP contribution in [0.4, 0.5) is 0 Å². The third kappa shape index (κ3) is 2.27. The van der Waals surface area contributed by atoms with E-state index in [0.717, 1.165) is 13.0 Å². The van der Waals surface area contributed by atoms with Crippen LogP contribution in [0.15, 0.2) is 0 Å². The molecule has 0 saturated carbocycles. The Labute approximate surface area is 86.6 Å². The quantitative estimate of drug-likeness (QED) is 0.717. The van der Waals surface area contributed by atoms with Gasteiger partial charge < -0.3 is 10.6 Å². The van der Waals surface area contributed by atoms with Crippen LogP contribution in [-0.4, -0.2) is 24.0 Å². The lowest BCUT2D eigenvalue weighted by Crippen LogP contribution is -2.67. The number of nitrogens with one attached hydrogen (secondary N) is 2. The van der Waals surface area contributed by atoms with Gasteiger partial charge in [0, 0.05) is 17.5 Å². The van der Waals surface area contributed by atoms with E-state index in [4.69, 9.17) is 0 Å². The summed E-state index contributed by atoms with van der Waals surface area (Å²) in [6, 6.07) is -0.0201. The van der Waals surface area contributed by atoms with Gasteiger partial charge in [-0.3, -0.25) is 4.79 Å². The van der Waals surface area contributed by atoms with Crippen LogP contribution in [0.2, 0.25) is 0 Å². The van der Waals surface area contributed by atoms with E-state index in [9.17, 15) is 4.79 Å². The SMILES string of the molecule is CCC(C)(C)NC(=O)C1NCC1(C)C. The van der Waals surface area contributed by atoms with E-state index >= 15 is 0 Å². The van der Waals surface area contributed by atoms with Gasteiger partial charge in [-0.05, 0) is 20.3 Å². The number of hydrogen-bond acceptors (Lipinski definition) is 2. The number of carbonyl (C=O) groups is 1. The molecular weight excluding hydrogens is 176 g/mol. The van der Waals surface area contributed by atoms with Crippen molar-refractivity contribution in [2.45, 2.75) is 52.6 Å². The van der Waals surface area contributed by atoms with Crippen LogP contribution in [0.1, 0.15) is 41.0 Å². The van der Waals surface area contributed by atoms with Crippen molar-refractivity contribution < 1.29 is 4.79 Å². The smallest absolute Gasteiger partial charge is 0.238 e. The van der Waals surface area contributed by atoms with Crippen molar-refractivity contribution in [2.24, 2.45) is 5.41 Å². The van der Waals surface area contributed by atoms with E-state index in [-0.39, 0.29) is 22.9 Å². The predicted octanol–water partition coefficient (Wildman–Crippen LogP) is 1.29. The van der Waals surface area contributed by atoms with E-state index in [2.05, 4.69) is 45.3 Å². The molecule has 1 aliphatic heterocycles. The highest BCUT2D eigenvalue weighted by molar-refractivity contribution is 5.84. The number of rotatable bonds is 3. The first-order valence-electron chi connectivity index (χ1n) is 5.34. The van der Waals surface area contributed by atoms with Crippen molar-refractivity contribution in [1.29, 1.82) is 0 Å². The summed E-state index contributed by atoms with van der Waals surface area (Å²) in [5.74, 6) is 0.133. The molecule has 0 spiro atoms. The highest BCUT2D eigenvalue weighted by Gasteiger charge is 2.43. The second kappa shape index (κ2) is 3.54. The lowest BCUT2D eigenvalue weighted by Gasteiger charge is -2.45. The van der Waals surface area contributed by atoms with Crippen LogP contribution in [0.3, 0.4) is 0 Å². The summed E-state index contributed by atoms with van der Waals surface area (Å²) in [5, 5.41) is 6.23. The summed E-state index contributed by atoms with van der Waals surface area (Å²) in [4.78, 5) is 11.8. The second-order valence-electron chi connectivity index (χ2n) is 5.53. The Morgan fingerprint density at radius 3 is 2.43 bits per heavy atom. The monoisotopic (exact) mass is 198 g/mol. The third-order valence-corrected chi connectivity index (χ3v) is 3.15. The lowest BCUT2D eigenvalue weighted by atomic mass is 9.76. The fourth-order valence-corrected chi connectivity index (χ4v) is 1.55. The first kappa shape index (κ1) is 11.5. The van der Waals surface area contributed by atoms with E-state index in [1.54, 1.807) is 0 Å². The van der Waals surface area contributed by atoms with Crippen molar-refractivity contribution in [3.63, 3.8) is 0 Å². The number of hydrogen-bond donors (Lipinski definition) is 2. The summed E-state index contributed by atoms with van der Waals surface area (Å²) < 4.78 is 0. The molecule has 1 unspecified atom stereocenters. The van der Waals surface area contributed by atoms with Crippen LogP contribution < -0.4 is 10.6 Å². The molecule has 0 aromatic rings. The van der Waals surface area contributed by atoms with Crippen LogP contribution in [-0.2, 0) is 4.79 Å². The second-order valence-corrected chi connectivity index (χ2v) is 5.53. The summed E-state index contributed by atoms with van der Waals surface area (Å²) in [6.45, 7) is 11.4. The summed E-state index contributed by atoms with van der Waals surface area (Å²) in [6.07, 6.45) is 0.950. The summed E-state index contributed by atoms with van der Waals surface area (Å²) >= 11 is 0. The standard InChI is InChI=1S/C11H22N2O/c1-6-11(4,5)13-9(14)8-10(2,3)7-12-8/h8,12H,6-7H2,1-5H3,(H,13,14). The molecule has 3 heteroatoms. The van der Waals surface area contributed by atoms with Gasteiger partial charge in [-0.15, -0.1) is 0 Å². The van der Waals surface area contributed by atoms with Gasteiger partial charge in [0.2, 0.25) is 5.91 Å². The van der Waals surface area contributed by atoms with E-state index in [0.29, 0.717) is 0 Å². The molecule has 3 nitrogen and oxygen atoms in total. The van der Waals surface area contributed by atoms with Crippen molar-refractivity contribution in [1.82, 2.24) is 10.6 Å². The fraction of sp³-hybridized carbons (Fsp3) is 0.909. The third-order valence-electron chi connectivity index (χ3n) is 3.15. The zero-order chi connectivity index (χ0) is 11.0. The molecule has 82 valence electrons. The molecule has 1 atom stereocenters. The van der Waals surface area contributed by atoms with Crippen LogP contribution >= 0.6 is 0 Å². The molecule has 1 rings (SSSR count). The molecule has 0 aromatic carbocycles. The minimum atomic E-state index is -0.0928. The first-order valence-corrected chi connectivity index (χ1v) is 5.34. The van der Waals surface area contributed by atoms with E-state index in [1.165, 1.54) is 0 Å². The highest BCUT2D eigenvalue weighted by atomic mass is 16.2. The molecule has 1 amide bonds. The molecule has 0 aliphatic carbocycles. The Hall–Kier alpha value is -0.570. The largest absolute Gasteiger partial charge is 0.350 e. The fourth-order valence-electron chi connectivity index (χ4n) is 1.55. The Morgan fingerprint density at radius 2 is 2.14 bits per heavy atom. The number of carbonyl (C=O) groups excluding carboxylic acids is 1. The summed E-state index contributed by atoms with van der Waals surface area (Å²) in [7, 11) is 0. The van der Waals surface area contributed by atoms with Gasteiger partial charge in [0.15, 0.2) is 0 Å². The minimum Gasteiger partial charge on any atom is -0.350 e. The van der Waals surface area contributed by atoms with Crippen molar-refractivity contribution in [3.05, 3.63) is 0 Å². The zero-order valence-corrected chi connectivity index (χ0v) is 9.90. The Bertz CT molecular complexity index is 233.